The van der Waals surface area contributed by atoms with Crippen molar-refractivity contribution in [2.24, 2.45) is 5.16 Å². The summed E-state index contributed by atoms with van der Waals surface area (Å²) in [5.74, 6) is -4.61. The van der Waals surface area contributed by atoms with E-state index in [9.17, 15) is 24.3 Å². The van der Waals surface area contributed by atoms with Crippen LogP contribution in [0.15, 0.2) is 34.5 Å². The fraction of sp³-hybridized carbons (Fsp3) is 0.143. The highest BCUT2D eigenvalue weighted by Gasteiger charge is 2.51. The molecule has 13 heteroatoms. The predicted molar refractivity (Wildman–Crippen MR) is 97.3 cm³/mol. The maximum absolute atomic E-state index is 12.2. The fourth-order valence-electron chi connectivity index (χ4n) is 2.17. The van der Waals surface area contributed by atoms with Crippen LogP contribution in [0.4, 0.5) is 5.13 Å². The van der Waals surface area contributed by atoms with Gasteiger partial charge in [-0.1, -0.05) is 17.8 Å². The second-order valence-corrected chi connectivity index (χ2v) is 6.19. The first-order valence-corrected chi connectivity index (χ1v) is 8.59. The van der Waals surface area contributed by atoms with Crippen molar-refractivity contribution < 1.29 is 29.5 Å². The number of nitrogens with zero attached hydrogens (tertiary/aromatic N) is 3. The number of thiol groups is 1. The van der Waals surface area contributed by atoms with Crippen molar-refractivity contribution in [2.75, 3.05) is 11.5 Å². The van der Waals surface area contributed by atoms with Crippen LogP contribution in [0.3, 0.4) is 0 Å². The third kappa shape index (κ3) is 3.68. The van der Waals surface area contributed by atoms with Crippen molar-refractivity contribution in [1.29, 1.82) is 0 Å². The maximum atomic E-state index is 12.2. The monoisotopic (exact) mass is 411 g/mol. The first-order valence-electron chi connectivity index (χ1n) is 7.08. The number of hydrogen-bond acceptors (Lipinski definition) is 10. The number of carbonyl (C=O) groups is 4. The van der Waals surface area contributed by atoms with Gasteiger partial charge < -0.3 is 21.4 Å². The lowest BCUT2D eigenvalue weighted by atomic mass is 10.0. The van der Waals surface area contributed by atoms with Crippen LogP contribution in [-0.2, 0) is 19.2 Å². The maximum Gasteiger partial charge on any atom is 0.353 e. The molecule has 0 bridgehead atoms. The van der Waals surface area contributed by atoms with Crippen LogP contribution < -0.4 is 11.1 Å². The second-order valence-electron chi connectivity index (χ2n) is 4.98. The predicted octanol–water partition coefficient (Wildman–Crippen LogP) is -0.788. The zero-order valence-corrected chi connectivity index (χ0v) is 15.2. The Kier molecular flexibility index (Phi) is 5.97. The number of likely N-dealkylation sites (tertiary alicyclic amines) is 1. The highest BCUT2D eigenvalue weighted by molar-refractivity contribution is 7.80. The largest absolute Gasteiger partial charge is 0.477 e. The number of oxime groups is 1. The van der Waals surface area contributed by atoms with Crippen LogP contribution >= 0.6 is 24.0 Å². The zero-order valence-electron chi connectivity index (χ0n) is 13.4. The lowest BCUT2D eigenvalue weighted by Crippen LogP contribution is -2.68. The molecule has 142 valence electrons. The fourth-order valence-corrected chi connectivity index (χ4v) is 3.00. The standard InChI is InChI=1S/C14H13N5O6S2/c1-2-5(3-26)9(13(23)24)19-11(21)8(12(19)22)17-10(20)7(18-25)6-4-27-14(15)16-6/h2,4,8,25-26H,1,3H2,(H2,15,16)(H,17,20)(H,23,24)/b9-5?,18-7-. The van der Waals surface area contributed by atoms with Gasteiger partial charge in [-0.3, -0.25) is 14.4 Å². The Morgan fingerprint density at radius 3 is 2.52 bits per heavy atom. The molecule has 27 heavy (non-hydrogen) atoms. The van der Waals surface area contributed by atoms with Crippen LogP contribution in [0.25, 0.3) is 0 Å². The number of amides is 3. The molecule has 1 aromatic rings. The Morgan fingerprint density at radius 2 is 2.11 bits per heavy atom. The van der Waals surface area contributed by atoms with E-state index in [0.29, 0.717) is 4.90 Å². The summed E-state index contributed by atoms with van der Waals surface area (Å²) in [7, 11) is 0. The van der Waals surface area contributed by atoms with Crippen LogP contribution in [0, 0.1) is 0 Å². The number of thiazole rings is 1. The van der Waals surface area contributed by atoms with Gasteiger partial charge in [-0.05, 0) is 5.57 Å². The molecule has 2 heterocycles. The first kappa shape index (κ1) is 20.1. The van der Waals surface area contributed by atoms with Crippen molar-refractivity contribution in [3.8, 4) is 0 Å². The Balaban J connectivity index is 2.21. The molecule has 11 nitrogen and oxygen atoms in total. The molecule has 1 saturated heterocycles. The molecule has 0 unspecified atom stereocenters. The van der Waals surface area contributed by atoms with Gasteiger partial charge in [0, 0.05) is 11.1 Å². The quantitative estimate of drug-likeness (QED) is 0.0567. The first-order chi connectivity index (χ1) is 12.8. The Bertz CT molecular complexity index is 890. The third-order valence-electron chi connectivity index (χ3n) is 3.44. The smallest absolute Gasteiger partial charge is 0.353 e. The van der Waals surface area contributed by atoms with Gasteiger partial charge in [0.25, 0.3) is 17.7 Å². The van der Waals surface area contributed by atoms with Crippen molar-refractivity contribution in [3.05, 3.63) is 35.0 Å². The Hall–Kier alpha value is -3.19. The summed E-state index contributed by atoms with van der Waals surface area (Å²) in [5.41, 5.74) is 4.28. The number of anilines is 1. The van der Waals surface area contributed by atoms with Gasteiger partial charge in [0.2, 0.25) is 0 Å². The summed E-state index contributed by atoms with van der Waals surface area (Å²) in [4.78, 5) is 52.2. The van der Waals surface area contributed by atoms with Gasteiger partial charge in [-0.2, -0.15) is 12.6 Å². The second kappa shape index (κ2) is 8.01. The molecule has 5 N–H and O–H groups in total. The van der Waals surface area contributed by atoms with Gasteiger partial charge in [0.15, 0.2) is 16.9 Å². The van der Waals surface area contributed by atoms with Gasteiger partial charge in [-0.15, -0.1) is 11.3 Å². The number of nitrogens with two attached hydrogens (primary N) is 1. The van der Waals surface area contributed by atoms with Gasteiger partial charge in [0.1, 0.15) is 11.4 Å². The Morgan fingerprint density at radius 1 is 1.48 bits per heavy atom. The molecule has 2 rings (SSSR count). The number of nitrogens with one attached hydrogen (secondary N) is 1. The zero-order chi connectivity index (χ0) is 20.3. The molecule has 0 aliphatic carbocycles. The number of allylic oxidation sites excluding steroid dienone is 1. The number of rotatable bonds is 7. The van der Waals surface area contributed by atoms with E-state index in [0.717, 1.165) is 17.4 Å². The van der Waals surface area contributed by atoms with Crippen LogP contribution in [0.5, 0.6) is 0 Å². The minimum absolute atomic E-state index is 0.0490. The van der Waals surface area contributed by atoms with Crippen molar-refractivity contribution >= 4 is 58.5 Å². The van der Waals surface area contributed by atoms with Crippen LogP contribution in [-0.4, -0.2) is 61.4 Å². The molecule has 0 spiro atoms. The van der Waals surface area contributed by atoms with E-state index in [1.54, 1.807) is 0 Å². The molecule has 0 saturated carbocycles. The lowest BCUT2D eigenvalue weighted by molar-refractivity contribution is -0.162. The summed E-state index contributed by atoms with van der Waals surface area (Å²) in [6.07, 6.45) is 1.16. The van der Waals surface area contributed by atoms with Gasteiger partial charge in [-0.25, -0.2) is 14.7 Å². The highest BCUT2D eigenvalue weighted by atomic mass is 32.1. The molecular weight excluding hydrogens is 398 g/mol. The summed E-state index contributed by atoms with van der Waals surface area (Å²) in [6.45, 7) is 3.41. The number of β-lactam (4-membered cyclic amide) rings is 2. The molecule has 0 radical (unpaired) electrons. The minimum atomic E-state index is -1.63. The summed E-state index contributed by atoms with van der Waals surface area (Å²) in [6, 6.07) is -1.63. The molecular formula is C14H13N5O6S2. The van der Waals surface area contributed by atoms with E-state index in [2.05, 4.69) is 34.7 Å². The molecule has 1 aromatic heterocycles. The van der Waals surface area contributed by atoms with Crippen molar-refractivity contribution in [1.82, 2.24) is 15.2 Å². The number of aliphatic carboxylic acids is 1. The number of hydrogen-bond donors (Lipinski definition) is 5. The highest BCUT2D eigenvalue weighted by Crippen LogP contribution is 2.23. The SMILES string of the molecule is C=CC(CS)=C(C(=O)O)N1C(=O)C(NC(=O)/C(=N\O)c2csc(N)n2)C1=O. The summed E-state index contributed by atoms with van der Waals surface area (Å²) in [5, 5.41) is 24.6. The van der Waals surface area contributed by atoms with E-state index in [-0.39, 0.29) is 22.2 Å². The van der Waals surface area contributed by atoms with E-state index in [1.165, 1.54) is 5.38 Å². The Labute approximate surface area is 161 Å². The van der Waals surface area contributed by atoms with Crippen LogP contribution in [0.2, 0.25) is 0 Å². The van der Waals surface area contributed by atoms with E-state index in [4.69, 9.17) is 10.9 Å². The average Bonchev–Trinajstić information content (AvgIpc) is 3.06. The van der Waals surface area contributed by atoms with E-state index >= 15 is 0 Å². The van der Waals surface area contributed by atoms with E-state index in [1.807, 2.05) is 0 Å². The van der Waals surface area contributed by atoms with Gasteiger partial charge >= 0.3 is 5.97 Å². The number of nitrogen functional groups attached to an aromatic ring is 1. The number of carbonyl (C=O) groups excluding carboxylic acids is 3. The number of imide groups is 1. The lowest BCUT2D eigenvalue weighted by Gasteiger charge is -2.36. The molecule has 1 aliphatic rings. The number of aromatic nitrogens is 1. The number of carboxylic acid groups (broad SMARTS) is 1. The van der Waals surface area contributed by atoms with Gasteiger partial charge in [0.05, 0.1) is 0 Å². The normalized spacial score (nSPS) is 15.9. The minimum Gasteiger partial charge on any atom is -0.477 e. The number of carboxylic acids is 1. The molecule has 1 fully saturated rings. The molecule has 0 atom stereocenters. The van der Waals surface area contributed by atoms with Crippen molar-refractivity contribution in [3.63, 3.8) is 0 Å². The molecule has 1 aliphatic heterocycles. The van der Waals surface area contributed by atoms with E-state index < -0.39 is 41.1 Å². The summed E-state index contributed by atoms with van der Waals surface area (Å²) >= 11 is 4.92. The topological polar surface area (TPSA) is 175 Å². The molecule has 3 amide bonds. The summed E-state index contributed by atoms with van der Waals surface area (Å²) < 4.78 is 0. The van der Waals surface area contributed by atoms with Crippen LogP contribution in [0.1, 0.15) is 5.69 Å². The molecule has 0 aromatic carbocycles. The third-order valence-corrected chi connectivity index (χ3v) is 4.45. The average molecular weight is 411 g/mol. The van der Waals surface area contributed by atoms with Crippen molar-refractivity contribution in [2.45, 2.75) is 6.04 Å².